The van der Waals surface area contributed by atoms with Crippen molar-refractivity contribution in [1.29, 1.82) is 0 Å². The summed E-state index contributed by atoms with van der Waals surface area (Å²) in [5.41, 5.74) is -0.389. The highest BCUT2D eigenvalue weighted by Gasteiger charge is 2.60. The number of rotatable bonds is 4. The van der Waals surface area contributed by atoms with Gasteiger partial charge in [0.2, 0.25) is 0 Å². The average molecular weight is 400 g/mol. The number of hydrogen-bond donors (Lipinski definition) is 2. The van der Waals surface area contributed by atoms with Gasteiger partial charge in [-0.05, 0) is 24.1 Å². The summed E-state index contributed by atoms with van der Waals surface area (Å²) >= 11 is 0. The van der Waals surface area contributed by atoms with Gasteiger partial charge in [0.05, 0.1) is 18.8 Å². The first-order valence-electron chi connectivity index (χ1n) is 8.99. The van der Waals surface area contributed by atoms with E-state index in [0.717, 1.165) is 18.6 Å². The Bertz CT molecular complexity index is 749. The molecular formula is C19H23F3N2O4. The van der Waals surface area contributed by atoms with Gasteiger partial charge in [0.15, 0.2) is 6.04 Å². The van der Waals surface area contributed by atoms with Crippen LogP contribution >= 0.6 is 0 Å². The maximum absolute atomic E-state index is 13.5. The predicted octanol–water partition coefficient (Wildman–Crippen LogP) is 3.19. The largest absolute Gasteiger partial charge is 0.465 e. The van der Waals surface area contributed by atoms with Crippen LogP contribution < -0.4 is 10.6 Å². The van der Waals surface area contributed by atoms with Gasteiger partial charge in [0.25, 0.3) is 0 Å². The highest BCUT2D eigenvalue weighted by atomic mass is 19.4. The topological polar surface area (TPSA) is 76.7 Å². The highest BCUT2D eigenvalue weighted by molar-refractivity contribution is 5.89. The Labute approximate surface area is 160 Å². The van der Waals surface area contributed by atoms with Gasteiger partial charge in [-0.25, -0.2) is 9.59 Å². The lowest BCUT2D eigenvalue weighted by Crippen LogP contribution is -2.68. The Morgan fingerprint density at radius 2 is 1.89 bits per heavy atom. The molecule has 9 heteroatoms. The molecule has 1 saturated heterocycles. The number of amides is 2. The van der Waals surface area contributed by atoms with Crippen molar-refractivity contribution in [2.75, 3.05) is 13.7 Å². The van der Waals surface area contributed by atoms with Gasteiger partial charge in [-0.15, -0.1) is 0 Å². The molecule has 1 aliphatic heterocycles. The molecule has 1 saturated carbocycles. The Kier molecular flexibility index (Phi) is 5.31. The number of carbonyl (C=O) groups excluding carboxylic acids is 2. The summed E-state index contributed by atoms with van der Waals surface area (Å²) in [5.74, 6) is -0.536. The van der Waals surface area contributed by atoms with Crippen LogP contribution in [0.25, 0.3) is 0 Å². The van der Waals surface area contributed by atoms with Crippen LogP contribution in [0.15, 0.2) is 24.3 Å². The molecule has 0 aromatic heterocycles. The summed E-state index contributed by atoms with van der Waals surface area (Å²) in [6.07, 6.45) is -3.91. The van der Waals surface area contributed by atoms with E-state index in [2.05, 4.69) is 10.1 Å². The van der Waals surface area contributed by atoms with Gasteiger partial charge < -0.3 is 20.1 Å². The molecule has 1 aliphatic carbocycles. The zero-order valence-electron chi connectivity index (χ0n) is 15.8. The Hall–Kier alpha value is -2.29. The van der Waals surface area contributed by atoms with E-state index >= 15 is 0 Å². The van der Waals surface area contributed by atoms with Gasteiger partial charge in [-0.1, -0.05) is 26.0 Å². The molecule has 1 aromatic carbocycles. The first kappa shape index (κ1) is 20.4. The Balaban J connectivity index is 1.71. The third-order valence-electron chi connectivity index (χ3n) is 5.65. The lowest BCUT2D eigenvalue weighted by Gasteiger charge is -2.54. The molecule has 2 fully saturated rings. The van der Waals surface area contributed by atoms with Crippen molar-refractivity contribution in [2.45, 2.75) is 44.6 Å². The molecule has 3 rings (SSSR count). The Morgan fingerprint density at radius 3 is 2.46 bits per heavy atom. The van der Waals surface area contributed by atoms with E-state index in [0.29, 0.717) is 6.61 Å². The number of ether oxygens (including phenoxy) is 2. The summed E-state index contributed by atoms with van der Waals surface area (Å²) in [6.45, 7) is 4.45. The van der Waals surface area contributed by atoms with E-state index in [4.69, 9.17) is 4.74 Å². The summed E-state index contributed by atoms with van der Waals surface area (Å²) in [7, 11) is 1.18. The Morgan fingerprint density at radius 1 is 1.25 bits per heavy atom. The summed E-state index contributed by atoms with van der Waals surface area (Å²) in [6, 6.07) is 1.43. The predicted molar refractivity (Wildman–Crippen MR) is 93.7 cm³/mol. The first-order valence-corrected chi connectivity index (χ1v) is 8.99. The van der Waals surface area contributed by atoms with E-state index in [1.54, 1.807) is 0 Å². The van der Waals surface area contributed by atoms with Crippen molar-refractivity contribution in [3.05, 3.63) is 35.4 Å². The van der Waals surface area contributed by atoms with Crippen molar-refractivity contribution in [1.82, 2.24) is 10.6 Å². The number of hydrogen-bond acceptors (Lipinski definition) is 4. The van der Waals surface area contributed by atoms with Crippen LogP contribution in [0.3, 0.4) is 0 Å². The lowest BCUT2D eigenvalue weighted by molar-refractivity contribution is -0.155. The van der Waals surface area contributed by atoms with Gasteiger partial charge in [0, 0.05) is 24.0 Å². The van der Waals surface area contributed by atoms with E-state index in [1.165, 1.54) is 19.2 Å². The fourth-order valence-corrected chi connectivity index (χ4v) is 4.21. The van der Waals surface area contributed by atoms with Gasteiger partial charge in [-0.2, -0.15) is 13.2 Å². The molecule has 28 heavy (non-hydrogen) atoms. The standard InChI is InChI=1S/C19H23F3N2O4/c1-18(2)14(12-8-9-28-15(12)18)24-17(26)23-13(19(20,21)22)10-4-6-11(7-5-10)16(25)27-3/h4-7,12-15H,8-9H2,1-3H3,(H2,23,24,26). The van der Waals surface area contributed by atoms with Crippen molar-refractivity contribution >= 4 is 12.0 Å². The number of fused-ring (bicyclic) bond motifs is 1. The van der Waals surface area contributed by atoms with Gasteiger partial charge in [-0.3, -0.25) is 0 Å². The zero-order chi connectivity index (χ0) is 20.7. The second-order valence-corrected chi connectivity index (χ2v) is 7.75. The van der Waals surface area contributed by atoms with Crippen molar-refractivity contribution in [3.63, 3.8) is 0 Å². The van der Waals surface area contributed by atoms with Crippen molar-refractivity contribution in [3.8, 4) is 0 Å². The third-order valence-corrected chi connectivity index (χ3v) is 5.65. The number of carbonyl (C=O) groups is 2. The average Bonchev–Trinajstić information content (AvgIpc) is 3.10. The van der Waals surface area contributed by atoms with Crippen LogP contribution in [0.1, 0.15) is 42.2 Å². The normalized spacial score (nSPS) is 26.6. The van der Waals surface area contributed by atoms with E-state index < -0.39 is 24.2 Å². The molecule has 0 radical (unpaired) electrons. The van der Waals surface area contributed by atoms with Gasteiger partial charge in [0.1, 0.15) is 0 Å². The molecule has 2 aliphatic rings. The number of benzene rings is 1. The summed E-state index contributed by atoms with van der Waals surface area (Å²) < 4.78 is 50.8. The van der Waals surface area contributed by atoms with Crippen LogP contribution in [0.4, 0.5) is 18.0 Å². The van der Waals surface area contributed by atoms with Crippen molar-refractivity contribution in [2.24, 2.45) is 11.3 Å². The highest BCUT2D eigenvalue weighted by Crippen LogP contribution is 2.52. The fourth-order valence-electron chi connectivity index (χ4n) is 4.21. The van der Waals surface area contributed by atoms with E-state index in [1.807, 2.05) is 19.2 Å². The minimum absolute atomic E-state index is 0.0158. The number of alkyl halides is 3. The summed E-state index contributed by atoms with van der Waals surface area (Å²) in [4.78, 5) is 23.8. The molecule has 154 valence electrons. The van der Waals surface area contributed by atoms with Crippen LogP contribution in [0.2, 0.25) is 0 Å². The molecule has 4 unspecified atom stereocenters. The minimum Gasteiger partial charge on any atom is -0.465 e. The quantitative estimate of drug-likeness (QED) is 0.761. The number of urea groups is 1. The van der Waals surface area contributed by atoms with Crippen molar-refractivity contribution < 1.29 is 32.2 Å². The smallest absolute Gasteiger partial charge is 0.412 e. The molecule has 4 atom stereocenters. The molecular weight excluding hydrogens is 377 g/mol. The second-order valence-electron chi connectivity index (χ2n) is 7.75. The van der Waals surface area contributed by atoms with E-state index in [-0.39, 0.29) is 34.6 Å². The maximum Gasteiger partial charge on any atom is 0.412 e. The number of halogens is 3. The fraction of sp³-hybridized carbons (Fsp3) is 0.579. The van der Waals surface area contributed by atoms with Crippen LogP contribution in [-0.4, -0.2) is 44.0 Å². The second kappa shape index (κ2) is 7.27. The number of esters is 1. The lowest BCUT2D eigenvalue weighted by atomic mass is 9.57. The van der Waals surface area contributed by atoms with Gasteiger partial charge >= 0.3 is 18.2 Å². The molecule has 2 N–H and O–H groups in total. The maximum atomic E-state index is 13.5. The minimum atomic E-state index is -4.70. The zero-order valence-corrected chi connectivity index (χ0v) is 15.8. The van der Waals surface area contributed by atoms with Crippen LogP contribution in [0.5, 0.6) is 0 Å². The molecule has 0 spiro atoms. The molecule has 1 aromatic rings. The third kappa shape index (κ3) is 3.67. The number of methoxy groups -OCH3 is 1. The van der Waals surface area contributed by atoms with Crippen LogP contribution in [0, 0.1) is 11.3 Å². The molecule has 1 heterocycles. The first-order chi connectivity index (χ1) is 13.1. The molecule has 2 amide bonds. The van der Waals surface area contributed by atoms with E-state index in [9.17, 15) is 22.8 Å². The molecule has 6 nitrogen and oxygen atoms in total. The van der Waals surface area contributed by atoms with Crippen LogP contribution in [-0.2, 0) is 9.47 Å². The number of nitrogens with one attached hydrogen (secondary N) is 2. The monoisotopic (exact) mass is 400 g/mol. The summed E-state index contributed by atoms with van der Waals surface area (Å²) in [5, 5.41) is 4.71. The molecule has 0 bridgehead atoms. The SMILES string of the molecule is COC(=O)c1ccc(C(NC(=O)NC2C3CCOC3C2(C)C)C(F)(F)F)cc1.